The van der Waals surface area contributed by atoms with Gasteiger partial charge in [0.25, 0.3) is 5.91 Å². The molecule has 1 aromatic heterocycles. The first-order chi connectivity index (χ1) is 13.1. The van der Waals surface area contributed by atoms with E-state index in [1.54, 1.807) is 37.4 Å². The van der Waals surface area contributed by atoms with E-state index in [9.17, 15) is 4.79 Å². The summed E-state index contributed by atoms with van der Waals surface area (Å²) >= 11 is 0. The number of nitriles is 1. The van der Waals surface area contributed by atoms with Gasteiger partial charge in [0.2, 0.25) is 5.88 Å². The van der Waals surface area contributed by atoms with Crippen molar-refractivity contribution in [3.8, 4) is 23.4 Å². The second-order valence-corrected chi connectivity index (χ2v) is 5.79. The predicted octanol–water partition coefficient (Wildman–Crippen LogP) is 4.31. The van der Waals surface area contributed by atoms with Crippen molar-refractivity contribution in [2.45, 2.75) is 6.92 Å². The number of rotatable bonds is 5. The van der Waals surface area contributed by atoms with Crippen LogP contribution in [0.3, 0.4) is 0 Å². The minimum atomic E-state index is -0.317. The molecule has 0 atom stereocenters. The number of nitrogens with zero attached hydrogens (tertiary/aromatic N) is 2. The number of aryl methyl sites for hydroxylation is 1. The lowest BCUT2D eigenvalue weighted by Gasteiger charge is -2.11. The Morgan fingerprint density at radius 1 is 1.11 bits per heavy atom. The number of anilines is 1. The first-order valence-corrected chi connectivity index (χ1v) is 8.19. The molecule has 1 amide bonds. The van der Waals surface area contributed by atoms with E-state index in [1.165, 1.54) is 12.3 Å². The van der Waals surface area contributed by atoms with Gasteiger partial charge in [-0.1, -0.05) is 12.1 Å². The van der Waals surface area contributed by atoms with Crippen molar-refractivity contribution >= 4 is 11.6 Å². The second-order valence-electron chi connectivity index (χ2n) is 5.79. The highest BCUT2D eigenvalue weighted by Crippen LogP contribution is 2.31. The molecule has 0 fully saturated rings. The third-order valence-electron chi connectivity index (χ3n) is 3.78. The summed E-state index contributed by atoms with van der Waals surface area (Å²) in [4.78, 5) is 16.5. The van der Waals surface area contributed by atoms with Gasteiger partial charge >= 0.3 is 0 Å². The number of benzene rings is 2. The molecule has 0 aliphatic heterocycles. The topological polar surface area (TPSA) is 84.2 Å². The van der Waals surface area contributed by atoms with Crippen LogP contribution in [0.4, 0.5) is 5.69 Å². The van der Waals surface area contributed by atoms with E-state index in [2.05, 4.69) is 10.3 Å². The lowest BCUT2D eigenvalue weighted by molar-refractivity contribution is 0.102. The molecule has 27 heavy (non-hydrogen) atoms. The smallest absolute Gasteiger partial charge is 0.255 e. The molecule has 0 aliphatic rings. The molecule has 3 aromatic rings. The monoisotopic (exact) mass is 359 g/mol. The SMILES string of the molecule is COc1cc(C)ccc1Oc1ccc(NC(=O)c2cccc(C#N)c2)cn1. The maximum Gasteiger partial charge on any atom is 0.255 e. The molecule has 6 nitrogen and oxygen atoms in total. The van der Waals surface area contributed by atoms with Gasteiger partial charge in [-0.2, -0.15) is 5.26 Å². The Morgan fingerprint density at radius 3 is 2.67 bits per heavy atom. The molecule has 0 radical (unpaired) electrons. The van der Waals surface area contributed by atoms with Crippen LogP contribution in [0.15, 0.2) is 60.8 Å². The lowest BCUT2D eigenvalue weighted by atomic mass is 10.1. The summed E-state index contributed by atoms with van der Waals surface area (Å²) in [5, 5.41) is 11.7. The van der Waals surface area contributed by atoms with Gasteiger partial charge in [-0.3, -0.25) is 4.79 Å². The van der Waals surface area contributed by atoms with E-state index in [-0.39, 0.29) is 5.91 Å². The van der Waals surface area contributed by atoms with Crippen LogP contribution in [0.1, 0.15) is 21.5 Å². The minimum Gasteiger partial charge on any atom is -0.493 e. The maximum atomic E-state index is 12.3. The number of carbonyl (C=O) groups is 1. The number of amides is 1. The Kier molecular flexibility index (Phi) is 5.33. The fourth-order valence-corrected chi connectivity index (χ4v) is 2.42. The summed E-state index contributed by atoms with van der Waals surface area (Å²) < 4.78 is 11.1. The van der Waals surface area contributed by atoms with Gasteiger partial charge in [0.1, 0.15) is 0 Å². The van der Waals surface area contributed by atoms with Gasteiger partial charge < -0.3 is 14.8 Å². The Bertz CT molecular complexity index is 1010. The average Bonchev–Trinajstić information content (AvgIpc) is 2.70. The molecule has 0 unspecified atom stereocenters. The molecule has 1 N–H and O–H groups in total. The van der Waals surface area contributed by atoms with Crippen LogP contribution in [-0.2, 0) is 0 Å². The van der Waals surface area contributed by atoms with Crippen molar-refractivity contribution in [1.82, 2.24) is 4.98 Å². The maximum absolute atomic E-state index is 12.3. The fraction of sp³-hybridized carbons (Fsp3) is 0.0952. The largest absolute Gasteiger partial charge is 0.493 e. The zero-order chi connectivity index (χ0) is 19.2. The van der Waals surface area contributed by atoms with Crippen LogP contribution in [0.5, 0.6) is 17.4 Å². The van der Waals surface area contributed by atoms with Crippen LogP contribution >= 0.6 is 0 Å². The van der Waals surface area contributed by atoms with Crippen LogP contribution in [-0.4, -0.2) is 18.0 Å². The van der Waals surface area contributed by atoms with E-state index in [0.29, 0.717) is 34.2 Å². The minimum absolute atomic E-state index is 0.317. The van der Waals surface area contributed by atoms with Crippen molar-refractivity contribution in [2.75, 3.05) is 12.4 Å². The Morgan fingerprint density at radius 2 is 1.96 bits per heavy atom. The van der Waals surface area contributed by atoms with Gasteiger partial charge in [-0.05, 0) is 48.9 Å². The summed E-state index contributed by atoms with van der Waals surface area (Å²) in [5.74, 6) is 1.23. The summed E-state index contributed by atoms with van der Waals surface area (Å²) in [6.45, 7) is 1.97. The zero-order valence-corrected chi connectivity index (χ0v) is 14.9. The van der Waals surface area contributed by atoms with Crippen molar-refractivity contribution in [1.29, 1.82) is 5.26 Å². The molecule has 2 aromatic carbocycles. The van der Waals surface area contributed by atoms with Crippen LogP contribution in [0.2, 0.25) is 0 Å². The average molecular weight is 359 g/mol. The van der Waals surface area contributed by atoms with E-state index < -0.39 is 0 Å². The summed E-state index contributed by atoms with van der Waals surface area (Å²) in [6.07, 6.45) is 1.50. The third kappa shape index (κ3) is 4.41. The van der Waals surface area contributed by atoms with Gasteiger partial charge in [0.15, 0.2) is 11.5 Å². The fourth-order valence-electron chi connectivity index (χ4n) is 2.42. The first kappa shape index (κ1) is 18.0. The Balaban J connectivity index is 1.70. The second kappa shape index (κ2) is 8.02. The van der Waals surface area contributed by atoms with Gasteiger partial charge in [-0.15, -0.1) is 0 Å². The highest BCUT2D eigenvalue weighted by atomic mass is 16.5. The van der Waals surface area contributed by atoms with Gasteiger partial charge in [-0.25, -0.2) is 4.98 Å². The number of nitrogens with one attached hydrogen (secondary N) is 1. The van der Waals surface area contributed by atoms with Crippen molar-refractivity contribution in [3.05, 3.63) is 77.5 Å². The van der Waals surface area contributed by atoms with Gasteiger partial charge in [0.05, 0.1) is 30.6 Å². The quantitative estimate of drug-likeness (QED) is 0.733. The normalized spacial score (nSPS) is 9.96. The molecule has 0 saturated carbocycles. The first-order valence-electron chi connectivity index (χ1n) is 8.19. The number of methoxy groups -OCH3 is 1. The van der Waals surface area contributed by atoms with Crippen molar-refractivity contribution in [3.63, 3.8) is 0 Å². The summed E-state index contributed by atoms with van der Waals surface area (Å²) in [6, 6.07) is 17.4. The van der Waals surface area contributed by atoms with Crippen molar-refractivity contribution in [2.24, 2.45) is 0 Å². The number of aromatic nitrogens is 1. The van der Waals surface area contributed by atoms with Crippen LogP contribution < -0.4 is 14.8 Å². The third-order valence-corrected chi connectivity index (χ3v) is 3.78. The van der Waals surface area contributed by atoms with E-state index in [4.69, 9.17) is 14.7 Å². The van der Waals surface area contributed by atoms with E-state index in [0.717, 1.165) is 5.56 Å². The van der Waals surface area contributed by atoms with Crippen molar-refractivity contribution < 1.29 is 14.3 Å². The zero-order valence-electron chi connectivity index (χ0n) is 14.9. The Hall–Kier alpha value is -3.85. The van der Waals surface area contributed by atoms with E-state index in [1.807, 2.05) is 31.2 Å². The molecule has 0 aliphatic carbocycles. The molecule has 6 heteroatoms. The molecule has 3 rings (SSSR count). The number of pyridine rings is 1. The van der Waals surface area contributed by atoms with Crippen LogP contribution in [0.25, 0.3) is 0 Å². The molecule has 134 valence electrons. The summed E-state index contributed by atoms with van der Waals surface area (Å²) in [7, 11) is 1.58. The molecule has 0 spiro atoms. The lowest BCUT2D eigenvalue weighted by Crippen LogP contribution is -2.12. The standard InChI is InChI=1S/C21H17N3O3/c1-14-6-8-18(19(10-14)26-2)27-20-9-7-17(13-23-20)24-21(25)16-5-3-4-15(11-16)12-22/h3-11,13H,1-2H3,(H,24,25). The Labute approximate surface area is 157 Å². The van der Waals surface area contributed by atoms with Crippen LogP contribution in [0, 0.1) is 18.3 Å². The van der Waals surface area contributed by atoms with E-state index >= 15 is 0 Å². The number of carbonyl (C=O) groups excluding carboxylic acids is 1. The number of ether oxygens (including phenoxy) is 2. The highest BCUT2D eigenvalue weighted by Gasteiger charge is 2.09. The number of hydrogen-bond acceptors (Lipinski definition) is 5. The molecule has 0 bridgehead atoms. The molecule has 0 saturated heterocycles. The molecular formula is C21H17N3O3. The summed E-state index contributed by atoms with van der Waals surface area (Å²) in [5.41, 5.74) is 2.41. The van der Waals surface area contributed by atoms with Gasteiger partial charge in [0, 0.05) is 11.6 Å². The molecular weight excluding hydrogens is 342 g/mol. The predicted molar refractivity (Wildman–Crippen MR) is 101 cm³/mol. The highest BCUT2D eigenvalue weighted by molar-refractivity contribution is 6.04. The molecule has 1 heterocycles. The number of hydrogen-bond donors (Lipinski definition) is 1.